The van der Waals surface area contributed by atoms with E-state index in [9.17, 15) is 0 Å². The van der Waals surface area contributed by atoms with Crippen LogP contribution in [0.2, 0.25) is 0 Å². The molecule has 0 amide bonds. The van der Waals surface area contributed by atoms with Crippen molar-refractivity contribution in [2.45, 2.75) is 18.9 Å². The average molecular weight is 633 g/mol. The van der Waals surface area contributed by atoms with Crippen LogP contribution in [-0.2, 0) is 12.0 Å². The Morgan fingerprint density at radius 1 is 0.510 bits per heavy atom. The zero-order chi connectivity index (χ0) is 33.6. The maximum Gasteiger partial charge on any atom is 0.0636 e. The third-order valence-electron chi connectivity index (χ3n) is 9.44. The van der Waals surface area contributed by atoms with Crippen LogP contribution < -0.4 is 11.5 Å². The van der Waals surface area contributed by atoms with Gasteiger partial charge in [0.25, 0.3) is 0 Å². The molecule has 2 nitrogen and oxygen atoms in total. The number of hydrogen-bond donors (Lipinski definition) is 2. The summed E-state index contributed by atoms with van der Waals surface area (Å²) in [5, 5.41) is 2.44. The SMILES string of the molecule is CC(N)(c1ccccc1)c1ccc(-c2cccc3c(-c4ccc(C(/C=C(\N)c5ccccc5)=C/Cc5ccccc5)cc4)cccc23)cc1. The summed E-state index contributed by atoms with van der Waals surface area (Å²) in [6, 6.07) is 61.7. The quantitative estimate of drug-likeness (QED) is 0.156. The highest BCUT2D eigenvalue weighted by atomic mass is 14.7. The van der Waals surface area contributed by atoms with E-state index < -0.39 is 5.54 Å². The molecule has 238 valence electrons. The number of fused-ring (bicyclic) bond motifs is 1. The smallest absolute Gasteiger partial charge is 0.0636 e. The molecule has 0 aliphatic rings. The predicted octanol–water partition coefficient (Wildman–Crippen LogP) is 11.0. The summed E-state index contributed by atoms with van der Waals surface area (Å²) in [4.78, 5) is 0. The van der Waals surface area contributed by atoms with E-state index in [2.05, 4.69) is 146 Å². The monoisotopic (exact) mass is 632 g/mol. The molecule has 7 rings (SSSR count). The second kappa shape index (κ2) is 14.0. The van der Waals surface area contributed by atoms with E-state index in [-0.39, 0.29) is 0 Å². The second-order valence-electron chi connectivity index (χ2n) is 12.7. The summed E-state index contributed by atoms with van der Waals surface area (Å²) in [5.74, 6) is 0. The van der Waals surface area contributed by atoms with Crippen molar-refractivity contribution < 1.29 is 0 Å². The molecule has 0 saturated heterocycles. The molecule has 49 heavy (non-hydrogen) atoms. The van der Waals surface area contributed by atoms with E-state index in [0.717, 1.165) is 39.9 Å². The standard InChI is InChI=1S/C47H40N2/c1-47(49,40-17-9-4-10-18-40)41-31-29-37(30-32-41)43-20-12-21-44-42(19-11-22-45(43)44)36-27-25-35(26-28-36)39(24-23-34-13-5-2-6-14-34)33-46(48)38-15-7-3-8-16-38/h2-22,24-33H,23,48-49H2,1H3/b39-24+,46-33-. The van der Waals surface area contributed by atoms with Crippen molar-refractivity contribution in [3.05, 3.63) is 216 Å². The van der Waals surface area contributed by atoms with Gasteiger partial charge in [-0.25, -0.2) is 0 Å². The predicted molar refractivity (Wildman–Crippen MR) is 209 cm³/mol. The van der Waals surface area contributed by atoms with Gasteiger partial charge in [0.1, 0.15) is 0 Å². The lowest BCUT2D eigenvalue weighted by molar-refractivity contribution is 0.603. The van der Waals surface area contributed by atoms with Crippen LogP contribution in [0.5, 0.6) is 0 Å². The van der Waals surface area contributed by atoms with Crippen LogP contribution in [0.1, 0.15) is 34.7 Å². The normalized spacial score (nSPS) is 13.3. The lowest BCUT2D eigenvalue weighted by Gasteiger charge is -2.26. The molecule has 0 fully saturated rings. The third-order valence-corrected chi connectivity index (χ3v) is 9.44. The van der Waals surface area contributed by atoms with Crippen molar-refractivity contribution in [1.82, 2.24) is 0 Å². The van der Waals surface area contributed by atoms with Crippen LogP contribution in [0, 0.1) is 0 Å². The van der Waals surface area contributed by atoms with Gasteiger partial charge in [-0.1, -0.05) is 182 Å². The molecule has 0 bridgehead atoms. The van der Waals surface area contributed by atoms with Crippen LogP contribution >= 0.6 is 0 Å². The highest BCUT2D eigenvalue weighted by Crippen LogP contribution is 2.36. The molecule has 7 aromatic carbocycles. The Bertz CT molecular complexity index is 2230. The summed E-state index contributed by atoms with van der Waals surface area (Å²) in [5.41, 5.74) is 25.1. The molecule has 0 aliphatic carbocycles. The van der Waals surface area contributed by atoms with Crippen LogP contribution in [-0.4, -0.2) is 0 Å². The van der Waals surface area contributed by atoms with Gasteiger partial charge in [-0.3, -0.25) is 0 Å². The Hall–Kier alpha value is -5.96. The summed E-state index contributed by atoms with van der Waals surface area (Å²) in [6.07, 6.45) is 5.18. The summed E-state index contributed by atoms with van der Waals surface area (Å²) < 4.78 is 0. The molecule has 2 heteroatoms. The van der Waals surface area contributed by atoms with Crippen molar-refractivity contribution in [3.8, 4) is 22.3 Å². The molecule has 1 unspecified atom stereocenters. The number of hydrogen-bond acceptors (Lipinski definition) is 2. The maximum atomic E-state index is 6.83. The van der Waals surface area contributed by atoms with Crippen LogP contribution in [0.15, 0.2) is 188 Å². The molecule has 0 aliphatic heterocycles. The Balaban J connectivity index is 1.21. The number of allylic oxidation sites excluding steroid dienone is 3. The minimum atomic E-state index is -0.572. The molecular formula is C47H40N2. The molecule has 0 radical (unpaired) electrons. The van der Waals surface area contributed by atoms with E-state index in [4.69, 9.17) is 11.5 Å². The van der Waals surface area contributed by atoms with Gasteiger partial charge in [-0.15, -0.1) is 0 Å². The van der Waals surface area contributed by atoms with Crippen LogP contribution in [0.3, 0.4) is 0 Å². The first kappa shape index (κ1) is 31.6. The molecule has 1 atom stereocenters. The number of nitrogens with two attached hydrogens (primary N) is 2. The van der Waals surface area contributed by atoms with Gasteiger partial charge in [0.2, 0.25) is 0 Å². The Morgan fingerprint density at radius 2 is 1.00 bits per heavy atom. The summed E-state index contributed by atoms with van der Waals surface area (Å²) in [6.45, 7) is 2.07. The Morgan fingerprint density at radius 3 is 1.57 bits per heavy atom. The Labute approximate surface area is 289 Å². The maximum absolute atomic E-state index is 6.83. The van der Waals surface area contributed by atoms with E-state index >= 15 is 0 Å². The zero-order valence-electron chi connectivity index (χ0n) is 27.8. The third kappa shape index (κ3) is 6.87. The topological polar surface area (TPSA) is 52.0 Å². The van der Waals surface area contributed by atoms with Gasteiger partial charge < -0.3 is 11.5 Å². The van der Waals surface area contributed by atoms with Crippen molar-refractivity contribution in [2.24, 2.45) is 11.5 Å². The summed E-state index contributed by atoms with van der Waals surface area (Å²) in [7, 11) is 0. The van der Waals surface area contributed by atoms with Gasteiger partial charge in [0.05, 0.1) is 5.54 Å². The largest absolute Gasteiger partial charge is 0.398 e. The average Bonchev–Trinajstić information content (AvgIpc) is 3.17. The van der Waals surface area contributed by atoms with Crippen molar-refractivity contribution >= 4 is 22.0 Å². The summed E-state index contributed by atoms with van der Waals surface area (Å²) >= 11 is 0. The number of rotatable bonds is 9. The van der Waals surface area contributed by atoms with Crippen molar-refractivity contribution in [1.29, 1.82) is 0 Å². The fraction of sp³-hybridized carbons (Fsp3) is 0.0638. The van der Waals surface area contributed by atoms with E-state index in [1.54, 1.807) is 0 Å². The second-order valence-corrected chi connectivity index (χ2v) is 12.7. The van der Waals surface area contributed by atoms with Crippen molar-refractivity contribution in [3.63, 3.8) is 0 Å². The van der Waals surface area contributed by atoms with Crippen molar-refractivity contribution in [2.75, 3.05) is 0 Å². The molecule has 0 spiro atoms. The highest BCUT2D eigenvalue weighted by Gasteiger charge is 2.23. The first-order chi connectivity index (χ1) is 24.0. The van der Waals surface area contributed by atoms with E-state index in [0.29, 0.717) is 0 Å². The van der Waals surface area contributed by atoms with Gasteiger partial charge in [0, 0.05) is 5.70 Å². The van der Waals surface area contributed by atoms with Gasteiger partial charge in [0.15, 0.2) is 0 Å². The molecule has 0 saturated carbocycles. The van der Waals surface area contributed by atoms with Crippen LogP contribution in [0.4, 0.5) is 0 Å². The lowest BCUT2D eigenvalue weighted by atomic mass is 9.84. The zero-order valence-corrected chi connectivity index (χ0v) is 27.8. The molecule has 0 aromatic heterocycles. The molecule has 7 aromatic rings. The van der Waals surface area contributed by atoms with Gasteiger partial charge >= 0.3 is 0 Å². The fourth-order valence-electron chi connectivity index (χ4n) is 6.59. The minimum Gasteiger partial charge on any atom is -0.398 e. The van der Waals surface area contributed by atoms with E-state index in [1.807, 2.05) is 48.5 Å². The van der Waals surface area contributed by atoms with E-state index in [1.165, 1.54) is 38.6 Å². The first-order valence-corrected chi connectivity index (χ1v) is 16.8. The minimum absolute atomic E-state index is 0.572. The molecule has 4 N–H and O–H groups in total. The Kier molecular flexibility index (Phi) is 9.06. The number of benzene rings is 7. The molecule has 0 heterocycles. The lowest BCUT2D eigenvalue weighted by Crippen LogP contribution is -2.34. The highest BCUT2D eigenvalue weighted by molar-refractivity contribution is 6.04. The first-order valence-electron chi connectivity index (χ1n) is 16.8. The fourth-order valence-corrected chi connectivity index (χ4v) is 6.59. The van der Waals surface area contributed by atoms with Crippen LogP contribution in [0.25, 0.3) is 44.3 Å². The molecular weight excluding hydrogens is 593 g/mol. The van der Waals surface area contributed by atoms with Gasteiger partial charge in [-0.2, -0.15) is 0 Å². The van der Waals surface area contributed by atoms with Gasteiger partial charge in [-0.05, 0) is 85.8 Å².